The van der Waals surface area contributed by atoms with Crippen LogP contribution in [0.5, 0.6) is 0 Å². The summed E-state index contributed by atoms with van der Waals surface area (Å²) in [6, 6.07) is 7.32. The molecule has 2 aromatic heterocycles. The van der Waals surface area contributed by atoms with Crippen molar-refractivity contribution in [2.45, 2.75) is 32.4 Å². The number of nitrogens with one attached hydrogen (secondary N) is 1. The van der Waals surface area contributed by atoms with Gasteiger partial charge in [0, 0.05) is 42.9 Å². The van der Waals surface area contributed by atoms with E-state index in [9.17, 15) is 4.39 Å². The van der Waals surface area contributed by atoms with Crippen LogP contribution in [0.1, 0.15) is 24.2 Å². The second kappa shape index (κ2) is 6.53. The number of benzene rings is 1. The molecule has 0 spiro atoms. The van der Waals surface area contributed by atoms with Gasteiger partial charge >= 0.3 is 0 Å². The number of fused-ring (bicyclic) bond motifs is 1. The lowest BCUT2D eigenvalue weighted by atomic mass is 10.0. The van der Waals surface area contributed by atoms with Crippen LogP contribution in [-0.2, 0) is 6.54 Å². The van der Waals surface area contributed by atoms with Crippen molar-refractivity contribution in [1.29, 1.82) is 0 Å². The summed E-state index contributed by atoms with van der Waals surface area (Å²) >= 11 is 1.67. The minimum Gasteiger partial charge on any atom is -0.371 e. The summed E-state index contributed by atoms with van der Waals surface area (Å²) in [5.41, 5.74) is 3.48. The zero-order valence-corrected chi connectivity index (χ0v) is 14.5. The van der Waals surface area contributed by atoms with E-state index in [0.717, 1.165) is 48.8 Å². The highest BCUT2D eigenvalue weighted by atomic mass is 32.1. The van der Waals surface area contributed by atoms with Gasteiger partial charge in [0.1, 0.15) is 5.82 Å². The van der Waals surface area contributed by atoms with Crippen LogP contribution in [0, 0.1) is 12.7 Å². The molecule has 1 saturated heterocycles. The lowest BCUT2D eigenvalue weighted by Crippen LogP contribution is -2.42. The van der Waals surface area contributed by atoms with Gasteiger partial charge < -0.3 is 10.2 Å². The second-order valence-electron chi connectivity index (χ2n) is 6.32. The molecule has 1 aromatic carbocycles. The first-order valence-electron chi connectivity index (χ1n) is 8.35. The zero-order chi connectivity index (χ0) is 16.5. The lowest BCUT2D eigenvalue weighted by molar-refractivity contribution is 0.411. The Bertz CT molecular complexity index is 815. The fraction of sp³-hybridized carbons (Fsp3) is 0.389. The largest absolute Gasteiger partial charge is 0.371 e. The number of nitrogens with zero attached hydrogens (tertiary/aromatic N) is 3. The number of aryl methyl sites for hydroxylation is 1. The van der Waals surface area contributed by atoms with Gasteiger partial charge in [-0.2, -0.15) is 0 Å². The topological polar surface area (TPSA) is 32.6 Å². The Kier molecular flexibility index (Phi) is 4.24. The Morgan fingerprint density at radius 1 is 1.25 bits per heavy atom. The minimum atomic E-state index is -0.175. The van der Waals surface area contributed by atoms with Crippen LogP contribution in [0.3, 0.4) is 0 Å². The molecule has 4 rings (SSSR count). The Morgan fingerprint density at radius 3 is 2.75 bits per heavy atom. The van der Waals surface area contributed by atoms with E-state index >= 15 is 0 Å². The van der Waals surface area contributed by atoms with Crippen LogP contribution in [-0.4, -0.2) is 28.5 Å². The predicted molar refractivity (Wildman–Crippen MR) is 96.3 cm³/mol. The van der Waals surface area contributed by atoms with Gasteiger partial charge in [-0.3, -0.25) is 4.40 Å². The van der Waals surface area contributed by atoms with E-state index in [0.29, 0.717) is 6.04 Å². The minimum absolute atomic E-state index is 0.175. The Balaban J connectivity index is 1.34. The fourth-order valence-electron chi connectivity index (χ4n) is 3.39. The third-order valence-corrected chi connectivity index (χ3v) is 5.56. The summed E-state index contributed by atoms with van der Waals surface area (Å²) in [6.45, 7) is 4.93. The van der Waals surface area contributed by atoms with Crippen LogP contribution in [0.25, 0.3) is 4.96 Å². The summed E-state index contributed by atoms with van der Waals surface area (Å²) in [7, 11) is 0. The van der Waals surface area contributed by atoms with Gasteiger partial charge in [0.25, 0.3) is 0 Å². The first-order chi connectivity index (χ1) is 11.7. The molecule has 0 atom stereocenters. The normalized spacial score (nSPS) is 16.2. The van der Waals surface area contributed by atoms with Crippen molar-refractivity contribution in [1.82, 2.24) is 14.7 Å². The average Bonchev–Trinajstić information content (AvgIpc) is 3.15. The number of rotatable bonds is 4. The molecule has 6 heteroatoms. The highest BCUT2D eigenvalue weighted by molar-refractivity contribution is 7.15. The Morgan fingerprint density at radius 2 is 2.00 bits per heavy atom. The molecule has 3 heterocycles. The molecule has 1 aliphatic rings. The quantitative estimate of drug-likeness (QED) is 0.785. The van der Waals surface area contributed by atoms with Crippen molar-refractivity contribution < 1.29 is 4.39 Å². The molecule has 3 aromatic rings. The van der Waals surface area contributed by atoms with Crippen LogP contribution >= 0.6 is 11.3 Å². The fourth-order valence-corrected chi connectivity index (χ4v) is 4.17. The summed E-state index contributed by atoms with van der Waals surface area (Å²) in [6.07, 6.45) is 4.29. The number of piperidine rings is 1. The van der Waals surface area contributed by atoms with E-state index in [4.69, 9.17) is 0 Å². The molecule has 126 valence electrons. The number of hydrogen-bond donors (Lipinski definition) is 1. The molecule has 24 heavy (non-hydrogen) atoms. The highest BCUT2D eigenvalue weighted by Gasteiger charge is 2.20. The summed E-state index contributed by atoms with van der Waals surface area (Å²) < 4.78 is 15.2. The molecule has 0 aliphatic carbocycles. The van der Waals surface area contributed by atoms with E-state index in [1.54, 1.807) is 11.3 Å². The van der Waals surface area contributed by atoms with Gasteiger partial charge in [-0.1, -0.05) is 0 Å². The molecule has 1 N–H and O–H groups in total. The third-order valence-electron chi connectivity index (χ3n) is 4.81. The molecule has 1 aliphatic heterocycles. The van der Waals surface area contributed by atoms with E-state index in [1.165, 1.54) is 17.8 Å². The van der Waals surface area contributed by atoms with Crippen LogP contribution in [0.2, 0.25) is 0 Å². The average molecular weight is 344 g/mol. The van der Waals surface area contributed by atoms with Gasteiger partial charge in [0.2, 0.25) is 0 Å². The van der Waals surface area contributed by atoms with Gasteiger partial charge in [0.15, 0.2) is 4.96 Å². The standard InChI is InChI=1S/C18H21FN4S/c1-13-17(23-10-11-24-18(23)21-13)12-20-15-6-8-22(9-7-15)16-4-2-14(19)3-5-16/h2-5,10-11,15,20H,6-9,12H2,1H3. The molecule has 0 bridgehead atoms. The highest BCUT2D eigenvalue weighted by Crippen LogP contribution is 2.21. The van der Waals surface area contributed by atoms with Gasteiger partial charge in [-0.15, -0.1) is 11.3 Å². The Labute approximate surface area is 144 Å². The molecule has 0 saturated carbocycles. The van der Waals surface area contributed by atoms with Gasteiger partial charge in [-0.25, -0.2) is 9.37 Å². The van der Waals surface area contributed by atoms with Crippen LogP contribution in [0.4, 0.5) is 10.1 Å². The summed E-state index contributed by atoms with van der Waals surface area (Å²) in [5, 5.41) is 5.76. The molecule has 4 nitrogen and oxygen atoms in total. The first-order valence-corrected chi connectivity index (χ1v) is 9.23. The van der Waals surface area contributed by atoms with Crippen molar-refractivity contribution >= 4 is 22.0 Å². The molecule has 0 radical (unpaired) electrons. The maximum absolute atomic E-state index is 13.0. The second-order valence-corrected chi connectivity index (χ2v) is 7.19. The Hall–Kier alpha value is -1.92. The van der Waals surface area contributed by atoms with E-state index in [2.05, 4.69) is 38.1 Å². The number of anilines is 1. The zero-order valence-electron chi connectivity index (χ0n) is 13.7. The molecule has 0 amide bonds. The van der Waals surface area contributed by atoms with Crippen molar-refractivity contribution in [3.05, 3.63) is 53.0 Å². The van der Waals surface area contributed by atoms with E-state index in [-0.39, 0.29) is 5.82 Å². The number of thiazole rings is 1. The predicted octanol–water partition coefficient (Wildman–Crippen LogP) is 3.60. The smallest absolute Gasteiger partial charge is 0.194 e. The lowest BCUT2D eigenvalue weighted by Gasteiger charge is -2.34. The molecule has 0 unspecified atom stereocenters. The molecular weight excluding hydrogens is 323 g/mol. The third kappa shape index (κ3) is 3.03. The van der Waals surface area contributed by atoms with Gasteiger partial charge in [0.05, 0.1) is 11.4 Å². The van der Waals surface area contributed by atoms with Crippen molar-refractivity contribution in [2.24, 2.45) is 0 Å². The number of hydrogen-bond acceptors (Lipinski definition) is 4. The summed E-state index contributed by atoms with van der Waals surface area (Å²) in [4.78, 5) is 8.00. The van der Waals surface area contributed by atoms with Crippen LogP contribution in [0.15, 0.2) is 35.8 Å². The van der Waals surface area contributed by atoms with Gasteiger partial charge in [-0.05, 0) is 44.0 Å². The number of aromatic nitrogens is 2. The van der Waals surface area contributed by atoms with Crippen molar-refractivity contribution in [3.8, 4) is 0 Å². The SMILES string of the molecule is Cc1nc2sccn2c1CNC1CCN(c2ccc(F)cc2)CC1. The number of halogens is 1. The number of imidazole rings is 1. The monoisotopic (exact) mass is 344 g/mol. The van der Waals surface area contributed by atoms with Crippen molar-refractivity contribution in [2.75, 3.05) is 18.0 Å². The molecule has 1 fully saturated rings. The van der Waals surface area contributed by atoms with E-state index < -0.39 is 0 Å². The van der Waals surface area contributed by atoms with Crippen molar-refractivity contribution in [3.63, 3.8) is 0 Å². The molecular formula is C18H21FN4S. The van der Waals surface area contributed by atoms with Crippen LogP contribution < -0.4 is 10.2 Å². The summed E-state index contributed by atoms with van der Waals surface area (Å²) in [5.74, 6) is -0.175. The van der Waals surface area contributed by atoms with E-state index in [1.807, 2.05) is 12.1 Å². The maximum Gasteiger partial charge on any atom is 0.194 e. The maximum atomic E-state index is 13.0. The first kappa shape index (κ1) is 15.6.